The number of hydrogen-bond acceptors (Lipinski definition) is 4. The first kappa shape index (κ1) is 31.8. The maximum atomic E-state index is 14.2. The van der Waals surface area contributed by atoms with E-state index in [-0.39, 0.29) is 23.4 Å². The van der Waals surface area contributed by atoms with E-state index in [9.17, 15) is 18.0 Å². The highest BCUT2D eigenvalue weighted by molar-refractivity contribution is 9.10. The Labute approximate surface area is 258 Å². The van der Waals surface area contributed by atoms with E-state index in [4.69, 9.17) is 0 Å². The summed E-state index contributed by atoms with van der Waals surface area (Å²) in [6.45, 7) is 3.64. The number of carbonyl (C=O) groups is 2. The first-order chi connectivity index (χ1) is 20.2. The molecule has 0 aliphatic heterocycles. The van der Waals surface area contributed by atoms with Crippen molar-refractivity contribution in [2.45, 2.75) is 75.8 Å². The van der Waals surface area contributed by atoms with Crippen molar-refractivity contribution >= 4 is 43.5 Å². The van der Waals surface area contributed by atoms with Crippen molar-refractivity contribution in [3.05, 3.63) is 94.5 Å². The van der Waals surface area contributed by atoms with E-state index in [1.54, 1.807) is 53.4 Å². The van der Waals surface area contributed by atoms with Gasteiger partial charge in [-0.2, -0.15) is 0 Å². The third-order valence-corrected chi connectivity index (χ3v) is 10.1. The largest absolute Gasteiger partial charge is 0.352 e. The number of aryl methyl sites for hydroxylation is 1. The van der Waals surface area contributed by atoms with Gasteiger partial charge in [-0.3, -0.25) is 13.9 Å². The Morgan fingerprint density at radius 1 is 0.929 bits per heavy atom. The van der Waals surface area contributed by atoms with Crippen LogP contribution in [-0.4, -0.2) is 50.3 Å². The average Bonchev–Trinajstić information content (AvgIpc) is 2.99. The van der Waals surface area contributed by atoms with Crippen molar-refractivity contribution in [2.24, 2.45) is 0 Å². The molecule has 0 spiro atoms. The molecule has 0 saturated heterocycles. The number of anilines is 1. The van der Waals surface area contributed by atoms with Crippen LogP contribution >= 0.6 is 15.9 Å². The number of nitrogens with zero attached hydrogens (tertiary/aromatic N) is 2. The molecule has 1 saturated carbocycles. The third kappa shape index (κ3) is 8.22. The predicted molar refractivity (Wildman–Crippen MR) is 171 cm³/mol. The van der Waals surface area contributed by atoms with Crippen LogP contribution in [0.3, 0.4) is 0 Å². The van der Waals surface area contributed by atoms with Crippen LogP contribution in [0, 0.1) is 6.92 Å². The standard InChI is InChI=1S/C33H40BrN3O4S/c1-3-31(33(39)35-28-12-8-5-9-13-28)36(23-22-26-10-6-4-7-11-26)32(38)24-37(29-18-16-27(34)17-19-29)42(40,41)30-20-14-25(2)15-21-30/h4,6-7,10-11,14-21,28,31H,3,5,8-9,12-13,22-24H2,1-2H3,(H,35,39)/t31-/m0/s1. The van der Waals surface area contributed by atoms with Gasteiger partial charge in [-0.1, -0.05) is 90.1 Å². The minimum Gasteiger partial charge on any atom is -0.352 e. The molecule has 3 aromatic rings. The zero-order chi connectivity index (χ0) is 30.1. The van der Waals surface area contributed by atoms with Crippen molar-refractivity contribution in [3.8, 4) is 0 Å². The molecule has 1 fully saturated rings. The first-order valence-electron chi connectivity index (χ1n) is 14.7. The summed E-state index contributed by atoms with van der Waals surface area (Å²) in [6, 6.07) is 22.6. The topological polar surface area (TPSA) is 86.8 Å². The van der Waals surface area contributed by atoms with Gasteiger partial charge in [0.05, 0.1) is 10.6 Å². The molecule has 0 aromatic heterocycles. The van der Waals surface area contributed by atoms with Crippen LogP contribution in [0.5, 0.6) is 0 Å². The lowest BCUT2D eigenvalue weighted by molar-refractivity contribution is -0.140. The fourth-order valence-corrected chi connectivity index (χ4v) is 7.09. The lowest BCUT2D eigenvalue weighted by Gasteiger charge is -2.34. The number of benzene rings is 3. The average molecular weight is 655 g/mol. The molecular weight excluding hydrogens is 614 g/mol. The smallest absolute Gasteiger partial charge is 0.264 e. The van der Waals surface area contributed by atoms with Crippen LogP contribution in [0.2, 0.25) is 0 Å². The number of rotatable bonds is 12. The summed E-state index contributed by atoms with van der Waals surface area (Å²) in [7, 11) is -4.08. The lowest BCUT2D eigenvalue weighted by Crippen LogP contribution is -2.54. The number of sulfonamides is 1. The number of carbonyl (C=O) groups excluding carboxylic acids is 2. The van der Waals surface area contributed by atoms with E-state index in [0.29, 0.717) is 18.5 Å². The Morgan fingerprint density at radius 2 is 1.57 bits per heavy atom. The number of amides is 2. The molecule has 0 radical (unpaired) electrons. The Hall–Kier alpha value is -3.17. The Bertz CT molecular complexity index is 1420. The van der Waals surface area contributed by atoms with E-state index in [2.05, 4.69) is 21.2 Å². The van der Waals surface area contributed by atoms with Gasteiger partial charge in [0, 0.05) is 17.1 Å². The van der Waals surface area contributed by atoms with Crippen LogP contribution in [-0.2, 0) is 26.0 Å². The second kappa shape index (κ2) is 14.8. The highest BCUT2D eigenvalue weighted by Gasteiger charge is 2.34. The molecule has 2 amide bonds. The fourth-order valence-electron chi connectivity index (χ4n) is 5.41. The van der Waals surface area contributed by atoms with E-state index in [1.165, 1.54) is 6.42 Å². The highest BCUT2D eigenvalue weighted by Crippen LogP contribution is 2.26. The van der Waals surface area contributed by atoms with Crippen molar-refractivity contribution in [1.29, 1.82) is 0 Å². The van der Waals surface area contributed by atoms with Gasteiger partial charge >= 0.3 is 0 Å². The molecule has 224 valence electrons. The van der Waals surface area contributed by atoms with Gasteiger partial charge in [0.25, 0.3) is 10.0 Å². The lowest BCUT2D eigenvalue weighted by atomic mass is 9.95. The van der Waals surface area contributed by atoms with Gasteiger partial charge in [-0.25, -0.2) is 8.42 Å². The molecule has 1 N–H and O–H groups in total. The SMILES string of the molecule is CC[C@@H](C(=O)NC1CCCCC1)N(CCc1ccccc1)C(=O)CN(c1ccc(Br)cc1)S(=O)(=O)c1ccc(C)cc1. The summed E-state index contributed by atoms with van der Waals surface area (Å²) in [6.07, 6.45) is 6.17. The van der Waals surface area contributed by atoms with Crippen molar-refractivity contribution in [1.82, 2.24) is 10.2 Å². The summed E-state index contributed by atoms with van der Waals surface area (Å²) < 4.78 is 29.9. The monoisotopic (exact) mass is 653 g/mol. The Balaban J connectivity index is 1.66. The molecule has 1 aliphatic carbocycles. The van der Waals surface area contributed by atoms with Crippen molar-refractivity contribution in [3.63, 3.8) is 0 Å². The maximum Gasteiger partial charge on any atom is 0.264 e. The number of hydrogen-bond donors (Lipinski definition) is 1. The second-order valence-electron chi connectivity index (χ2n) is 10.9. The van der Waals surface area contributed by atoms with Gasteiger partial charge in [0.1, 0.15) is 12.6 Å². The van der Waals surface area contributed by atoms with Gasteiger partial charge < -0.3 is 10.2 Å². The van der Waals surface area contributed by atoms with Crippen LogP contribution in [0.4, 0.5) is 5.69 Å². The summed E-state index contributed by atoms with van der Waals surface area (Å²) in [5.41, 5.74) is 2.34. The Kier molecular flexibility index (Phi) is 11.2. The van der Waals surface area contributed by atoms with Gasteiger partial charge in [0.15, 0.2) is 0 Å². The van der Waals surface area contributed by atoms with Gasteiger partial charge in [0.2, 0.25) is 11.8 Å². The molecule has 1 aliphatic rings. The normalized spacial score (nSPS) is 14.6. The quantitative estimate of drug-likeness (QED) is 0.250. The zero-order valence-corrected chi connectivity index (χ0v) is 26.7. The summed E-state index contributed by atoms with van der Waals surface area (Å²) in [4.78, 5) is 29.4. The van der Waals surface area contributed by atoms with E-state index in [0.717, 1.165) is 45.6 Å². The van der Waals surface area contributed by atoms with Crippen LogP contribution in [0.1, 0.15) is 56.6 Å². The van der Waals surface area contributed by atoms with Crippen molar-refractivity contribution in [2.75, 3.05) is 17.4 Å². The van der Waals surface area contributed by atoms with Crippen LogP contribution in [0.25, 0.3) is 0 Å². The molecule has 1 atom stereocenters. The van der Waals surface area contributed by atoms with Gasteiger partial charge in [-0.15, -0.1) is 0 Å². The highest BCUT2D eigenvalue weighted by atomic mass is 79.9. The van der Waals surface area contributed by atoms with E-state index >= 15 is 0 Å². The van der Waals surface area contributed by atoms with Crippen LogP contribution in [0.15, 0.2) is 88.2 Å². The molecule has 0 bridgehead atoms. The van der Waals surface area contributed by atoms with Crippen molar-refractivity contribution < 1.29 is 18.0 Å². The fraction of sp³-hybridized carbons (Fsp3) is 0.394. The third-order valence-electron chi connectivity index (χ3n) is 7.82. The molecular formula is C33H40BrN3O4S. The summed E-state index contributed by atoms with van der Waals surface area (Å²) in [5.74, 6) is -0.599. The zero-order valence-electron chi connectivity index (χ0n) is 24.3. The summed E-state index contributed by atoms with van der Waals surface area (Å²) in [5, 5.41) is 3.19. The molecule has 0 unspecified atom stereocenters. The van der Waals surface area contributed by atoms with E-state index in [1.807, 2.05) is 44.2 Å². The predicted octanol–water partition coefficient (Wildman–Crippen LogP) is 6.25. The molecule has 42 heavy (non-hydrogen) atoms. The number of halogens is 1. The van der Waals surface area contributed by atoms with Gasteiger partial charge in [-0.05, 0) is 74.6 Å². The first-order valence-corrected chi connectivity index (χ1v) is 16.9. The summed E-state index contributed by atoms with van der Waals surface area (Å²) >= 11 is 3.41. The second-order valence-corrected chi connectivity index (χ2v) is 13.7. The molecule has 9 heteroatoms. The van der Waals surface area contributed by atoms with E-state index < -0.39 is 28.5 Å². The number of nitrogens with one attached hydrogen (secondary N) is 1. The molecule has 0 heterocycles. The maximum absolute atomic E-state index is 14.2. The molecule has 4 rings (SSSR count). The molecule has 3 aromatic carbocycles. The molecule has 7 nitrogen and oxygen atoms in total. The van der Waals surface area contributed by atoms with Crippen LogP contribution < -0.4 is 9.62 Å². The minimum atomic E-state index is -4.08. The minimum absolute atomic E-state index is 0.0988. The Morgan fingerprint density at radius 3 is 2.19 bits per heavy atom.